The summed E-state index contributed by atoms with van der Waals surface area (Å²) in [6.45, 7) is -0.325. The van der Waals surface area contributed by atoms with Crippen LogP contribution in [0.15, 0.2) is 24.0 Å². The van der Waals surface area contributed by atoms with Crippen LogP contribution in [0.2, 0.25) is 0 Å². The molecule has 6 nitrogen and oxygen atoms in total. The van der Waals surface area contributed by atoms with Crippen LogP contribution in [-0.4, -0.2) is 39.6 Å². The summed E-state index contributed by atoms with van der Waals surface area (Å²) < 4.78 is 52.9. The predicted molar refractivity (Wildman–Crippen MR) is 78.4 cm³/mol. The summed E-state index contributed by atoms with van der Waals surface area (Å²) in [6.07, 6.45) is -2.54. The van der Waals surface area contributed by atoms with Gasteiger partial charge in [0.1, 0.15) is 17.8 Å². The number of nitrogens with one attached hydrogen (secondary N) is 1. The lowest BCUT2D eigenvalue weighted by molar-refractivity contribution is -0.141. The number of thiazole rings is 1. The van der Waals surface area contributed by atoms with E-state index in [1.807, 2.05) is 0 Å². The molecule has 2 aromatic rings. The Morgan fingerprint density at radius 2 is 2.12 bits per heavy atom. The molecule has 0 aliphatic carbocycles. The minimum absolute atomic E-state index is 0.0656. The third kappa shape index (κ3) is 3.30. The molecular weight excluding hydrogens is 350 g/mol. The molecule has 1 saturated heterocycles. The molecule has 0 radical (unpaired) electrons. The van der Waals surface area contributed by atoms with E-state index in [1.165, 1.54) is 11.1 Å². The summed E-state index contributed by atoms with van der Waals surface area (Å²) in [5.41, 5.74) is -3.34. The maximum Gasteiger partial charge on any atom is 0.433 e. The van der Waals surface area contributed by atoms with E-state index in [2.05, 4.69) is 20.3 Å². The first-order valence-corrected chi connectivity index (χ1v) is 7.70. The third-order valence-corrected chi connectivity index (χ3v) is 4.23. The quantitative estimate of drug-likeness (QED) is 0.851. The minimum atomic E-state index is -4.62. The van der Waals surface area contributed by atoms with Gasteiger partial charge in [0.25, 0.3) is 5.91 Å². The van der Waals surface area contributed by atoms with E-state index in [0.717, 1.165) is 23.7 Å². The second-order valence-electron chi connectivity index (χ2n) is 5.19. The molecule has 0 saturated carbocycles. The van der Waals surface area contributed by atoms with E-state index in [1.54, 1.807) is 5.38 Å². The van der Waals surface area contributed by atoms with E-state index in [4.69, 9.17) is 0 Å². The summed E-state index contributed by atoms with van der Waals surface area (Å²) >= 11 is 1.14. The van der Waals surface area contributed by atoms with E-state index in [0.29, 0.717) is 0 Å². The van der Waals surface area contributed by atoms with Crippen molar-refractivity contribution in [3.63, 3.8) is 0 Å². The zero-order valence-corrected chi connectivity index (χ0v) is 12.9. The number of amides is 1. The number of aromatic nitrogens is 3. The molecule has 2 aromatic heterocycles. The van der Waals surface area contributed by atoms with Gasteiger partial charge in [-0.3, -0.25) is 10.1 Å². The Bertz CT molecular complexity index is 738. The van der Waals surface area contributed by atoms with Crippen molar-refractivity contribution >= 4 is 28.2 Å². The zero-order chi connectivity index (χ0) is 17.4. The van der Waals surface area contributed by atoms with Crippen LogP contribution in [0.4, 0.5) is 28.5 Å². The Morgan fingerprint density at radius 1 is 1.33 bits per heavy atom. The maximum atomic E-state index is 14.8. The molecule has 1 aliphatic rings. The maximum absolute atomic E-state index is 14.8. The van der Waals surface area contributed by atoms with Crippen molar-refractivity contribution in [2.75, 3.05) is 23.3 Å². The molecule has 1 fully saturated rings. The Balaban J connectivity index is 1.74. The SMILES string of the molecule is O=C(Nc1nccs1)C1(F)CCN(c2cc(C(F)(F)F)ncn2)C1. The molecule has 1 unspecified atom stereocenters. The van der Waals surface area contributed by atoms with Gasteiger partial charge in [-0.1, -0.05) is 0 Å². The molecule has 128 valence electrons. The number of nitrogens with zero attached hydrogens (tertiary/aromatic N) is 4. The molecule has 0 bridgehead atoms. The van der Waals surface area contributed by atoms with Crippen LogP contribution in [0.5, 0.6) is 0 Å². The van der Waals surface area contributed by atoms with Gasteiger partial charge in [0.15, 0.2) is 5.13 Å². The average Bonchev–Trinajstić information content (AvgIpc) is 3.17. The van der Waals surface area contributed by atoms with Crippen LogP contribution in [0.1, 0.15) is 12.1 Å². The number of hydrogen-bond acceptors (Lipinski definition) is 6. The van der Waals surface area contributed by atoms with Gasteiger partial charge in [-0.15, -0.1) is 11.3 Å². The van der Waals surface area contributed by atoms with Crippen LogP contribution in [0.25, 0.3) is 0 Å². The molecular formula is C13H11F4N5OS. The van der Waals surface area contributed by atoms with Crippen molar-refractivity contribution in [2.45, 2.75) is 18.3 Å². The lowest BCUT2D eigenvalue weighted by Crippen LogP contribution is -2.41. The highest BCUT2D eigenvalue weighted by Gasteiger charge is 2.46. The largest absolute Gasteiger partial charge is 0.433 e. The van der Waals surface area contributed by atoms with Crippen molar-refractivity contribution in [3.8, 4) is 0 Å². The fraction of sp³-hybridized carbons (Fsp3) is 0.385. The first kappa shape index (κ1) is 16.6. The Kier molecular flexibility index (Phi) is 4.11. The Labute approximate surface area is 137 Å². The highest BCUT2D eigenvalue weighted by Crippen LogP contribution is 2.33. The van der Waals surface area contributed by atoms with Gasteiger partial charge >= 0.3 is 6.18 Å². The summed E-state index contributed by atoms with van der Waals surface area (Å²) in [5.74, 6) is -0.941. The first-order valence-electron chi connectivity index (χ1n) is 6.82. The van der Waals surface area contributed by atoms with Crippen molar-refractivity contribution in [1.82, 2.24) is 15.0 Å². The summed E-state index contributed by atoms with van der Waals surface area (Å²) in [5, 5.41) is 4.25. The van der Waals surface area contributed by atoms with Gasteiger partial charge in [-0.2, -0.15) is 13.2 Å². The normalized spacial score (nSPS) is 21.1. The average molecular weight is 361 g/mol. The molecule has 24 heavy (non-hydrogen) atoms. The molecule has 0 aromatic carbocycles. The van der Waals surface area contributed by atoms with Crippen LogP contribution in [0, 0.1) is 0 Å². The fourth-order valence-electron chi connectivity index (χ4n) is 2.32. The number of anilines is 2. The summed E-state index contributed by atoms with van der Waals surface area (Å²) in [6, 6.07) is 0.741. The van der Waals surface area contributed by atoms with Crippen LogP contribution in [-0.2, 0) is 11.0 Å². The molecule has 1 N–H and O–H groups in total. The fourth-order valence-corrected chi connectivity index (χ4v) is 2.85. The molecule has 3 rings (SSSR count). The molecule has 11 heteroatoms. The van der Waals surface area contributed by atoms with Gasteiger partial charge in [-0.05, 0) is 0 Å². The molecule has 0 spiro atoms. The van der Waals surface area contributed by atoms with Crippen molar-refractivity contribution < 1.29 is 22.4 Å². The van der Waals surface area contributed by atoms with Gasteiger partial charge in [-0.25, -0.2) is 19.3 Å². The van der Waals surface area contributed by atoms with Crippen LogP contribution < -0.4 is 10.2 Å². The van der Waals surface area contributed by atoms with Crippen molar-refractivity contribution in [1.29, 1.82) is 0 Å². The number of carbonyl (C=O) groups excluding carboxylic acids is 1. The minimum Gasteiger partial charge on any atom is -0.353 e. The number of carbonyl (C=O) groups is 1. The highest BCUT2D eigenvalue weighted by atomic mass is 32.1. The van der Waals surface area contributed by atoms with E-state index in [9.17, 15) is 22.4 Å². The Hall–Kier alpha value is -2.30. The lowest BCUT2D eigenvalue weighted by Gasteiger charge is -2.20. The van der Waals surface area contributed by atoms with Crippen molar-refractivity contribution in [3.05, 3.63) is 29.7 Å². The van der Waals surface area contributed by atoms with Crippen LogP contribution in [0.3, 0.4) is 0 Å². The Morgan fingerprint density at radius 3 is 2.79 bits per heavy atom. The summed E-state index contributed by atoms with van der Waals surface area (Å²) in [7, 11) is 0. The number of rotatable bonds is 3. The van der Waals surface area contributed by atoms with Crippen LogP contribution >= 0.6 is 11.3 Å². The number of alkyl halides is 4. The van der Waals surface area contributed by atoms with Gasteiger partial charge in [0.05, 0.1) is 6.54 Å². The van der Waals surface area contributed by atoms with Gasteiger partial charge in [0, 0.05) is 30.6 Å². The second kappa shape index (κ2) is 5.96. The first-order chi connectivity index (χ1) is 11.3. The van der Waals surface area contributed by atoms with E-state index >= 15 is 0 Å². The predicted octanol–water partition coefficient (Wildman–Crippen LogP) is 2.51. The molecule has 1 amide bonds. The topological polar surface area (TPSA) is 71.0 Å². The standard InChI is InChI=1S/C13H11F4N5OS/c14-12(10(23)21-11-18-2-4-24-11)1-3-22(6-12)9-5-8(13(15,16)17)19-7-20-9/h2,4-5,7H,1,3,6H2,(H,18,21,23). The zero-order valence-electron chi connectivity index (χ0n) is 12.0. The van der Waals surface area contributed by atoms with Gasteiger partial charge < -0.3 is 4.90 Å². The highest BCUT2D eigenvalue weighted by molar-refractivity contribution is 7.13. The van der Waals surface area contributed by atoms with Crippen molar-refractivity contribution in [2.24, 2.45) is 0 Å². The molecule has 1 aliphatic heterocycles. The number of hydrogen-bond donors (Lipinski definition) is 1. The lowest BCUT2D eigenvalue weighted by atomic mass is 10.1. The number of halogens is 4. The molecule has 1 atom stereocenters. The smallest absolute Gasteiger partial charge is 0.353 e. The molecule has 3 heterocycles. The summed E-state index contributed by atoms with van der Waals surface area (Å²) in [4.78, 5) is 24.1. The van der Waals surface area contributed by atoms with E-state index in [-0.39, 0.29) is 23.9 Å². The monoisotopic (exact) mass is 361 g/mol. The van der Waals surface area contributed by atoms with E-state index < -0.39 is 30.0 Å². The second-order valence-corrected chi connectivity index (χ2v) is 6.08. The third-order valence-electron chi connectivity index (χ3n) is 3.55. The van der Waals surface area contributed by atoms with Gasteiger partial charge in [0.2, 0.25) is 5.67 Å².